The van der Waals surface area contributed by atoms with Gasteiger partial charge >= 0.3 is 21.8 Å². The van der Waals surface area contributed by atoms with Gasteiger partial charge in [-0.1, -0.05) is 0 Å². The molecule has 0 aliphatic heterocycles. The van der Waals surface area contributed by atoms with Crippen LogP contribution < -0.4 is 19.8 Å². The Balaban J connectivity index is 1.46. The van der Waals surface area contributed by atoms with E-state index in [0.717, 1.165) is 6.07 Å². The zero-order valence-corrected chi connectivity index (χ0v) is 19.6. The molecule has 0 amide bonds. The lowest BCUT2D eigenvalue weighted by atomic mass is 9.99. The zero-order chi connectivity index (χ0) is 25.4. The summed E-state index contributed by atoms with van der Waals surface area (Å²) in [4.78, 5) is 24.3. The molecular formula is C23H19F2N5O5S. The van der Waals surface area contributed by atoms with Gasteiger partial charge in [0.25, 0.3) is 0 Å². The molecule has 0 bridgehead atoms. The lowest BCUT2D eigenvalue weighted by molar-refractivity contribution is 0.410. The van der Waals surface area contributed by atoms with Crippen LogP contribution in [0, 0.1) is 18.6 Å². The number of fused-ring (bicyclic) bond motifs is 1. The standard InChI is InChI=1S/C23H19F2N5O5S/c1-12-15-10-17(24)19(35-23-27-6-2-7-28-23)11-18(15)34-22(31)16(12)9-13-5-8-26-21(20(13)25)30-36(32,33)29-14-3-4-14/h2,5-8,10-11,14,29H,3-4,9H2,1H3,(H,26,30). The van der Waals surface area contributed by atoms with E-state index in [2.05, 4.69) is 24.4 Å². The third-order valence-electron chi connectivity index (χ3n) is 5.55. The number of aryl methyl sites for hydroxylation is 1. The van der Waals surface area contributed by atoms with Crippen molar-refractivity contribution in [2.75, 3.05) is 4.72 Å². The molecule has 0 unspecified atom stereocenters. The molecule has 5 rings (SSSR count). The molecule has 4 aromatic rings. The number of aromatic nitrogens is 3. The largest absolute Gasteiger partial charge is 0.422 e. The third kappa shape index (κ3) is 5.02. The lowest BCUT2D eigenvalue weighted by Crippen LogP contribution is -2.32. The molecule has 1 aliphatic rings. The smallest absolute Gasteiger partial charge is 0.340 e. The Bertz CT molecular complexity index is 1630. The van der Waals surface area contributed by atoms with E-state index < -0.39 is 33.3 Å². The van der Waals surface area contributed by atoms with Crippen molar-refractivity contribution in [3.63, 3.8) is 0 Å². The predicted octanol–water partition coefficient (Wildman–Crippen LogP) is 3.36. The normalized spacial score (nSPS) is 13.6. The molecule has 36 heavy (non-hydrogen) atoms. The van der Waals surface area contributed by atoms with Crippen LogP contribution in [0.25, 0.3) is 11.0 Å². The van der Waals surface area contributed by atoms with Crippen LogP contribution in [0.1, 0.15) is 29.5 Å². The van der Waals surface area contributed by atoms with Crippen molar-refractivity contribution in [2.45, 2.75) is 32.2 Å². The maximum Gasteiger partial charge on any atom is 0.340 e. The molecule has 0 atom stereocenters. The molecule has 0 spiro atoms. The summed E-state index contributed by atoms with van der Waals surface area (Å²) in [6.07, 6.45) is 5.26. The summed E-state index contributed by atoms with van der Waals surface area (Å²) >= 11 is 0. The van der Waals surface area contributed by atoms with Crippen molar-refractivity contribution in [2.24, 2.45) is 0 Å². The first kappa shape index (κ1) is 23.8. The van der Waals surface area contributed by atoms with Gasteiger partial charge in [0.05, 0.1) is 0 Å². The molecule has 1 aliphatic carbocycles. The van der Waals surface area contributed by atoms with Gasteiger partial charge in [-0.15, -0.1) is 0 Å². The zero-order valence-electron chi connectivity index (χ0n) is 18.8. The van der Waals surface area contributed by atoms with E-state index in [0.29, 0.717) is 18.4 Å². The van der Waals surface area contributed by atoms with Crippen LogP contribution in [0.3, 0.4) is 0 Å². The van der Waals surface area contributed by atoms with Gasteiger partial charge in [0.15, 0.2) is 23.2 Å². The molecule has 13 heteroatoms. The fraction of sp³-hybridized carbons (Fsp3) is 0.217. The fourth-order valence-corrected chi connectivity index (χ4v) is 4.70. The molecule has 10 nitrogen and oxygen atoms in total. The molecular weight excluding hydrogens is 496 g/mol. The highest BCUT2D eigenvalue weighted by Crippen LogP contribution is 2.30. The predicted molar refractivity (Wildman–Crippen MR) is 125 cm³/mol. The summed E-state index contributed by atoms with van der Waals surface area (Å²) in [6.45, 7) is 1.58. The quantitative estimate of drug-likeness (QED) is 0.341. The van der Waals surface area contributed by atoms with Gasteiger partial charge in [-0.25, -0.2) is 28.5 Å². The number of pyridine rings is 1. The number of halogens is 2. The van der Waals surface area contributed by atoms with E-state index in [1.807, 2.05) is 0 Å². The van der Waals surface area contributed by atoms with Crippen LogP contribution >= 0.6 is 0 Å². The van der Waals surface area contributed by atoms with Crippen molar-refractivity contribution in [1.82, 2.24) is 19.7 Å². The second-order valence-corrected chi connectivity index (χ2v) is 9.66. The fourth-order valence-electron chi connectivity index (χ4n) is 3.57. The highest BCUT2D eigenvalue weighted by molar-refractivity contribution is 7.90. The van der Waals surface area contributed by atoms with Gasteiger partial charge in [-0.2, -0.15) is 13.1 Å². The Morgan fingerprint density at radius 2 is 1.89 bits per heavy atom. The Morgan fingerprint density at radius 3 is 2.61 bits per heavy atom. The average Bonchev–Trinajstić information content (AvgIpc) is 3.64. The summed E-state index contributed by atoms with van der Waals surface area (Å²) in [5, 5.41) is 0.285. The second kappa shape index (κ2) is 9.24. The Labute approximate surface area is 203 Å². The van der Waals surface area contributed by atoms with Crippen molar-refractivity contribution < 1.29 is 26.4 Å². The van der Waals surface area contributed by atoms with Gasteiger partial charge in [0.2, 0.25) is 0 Å². The van der Waals surface area contributed by atoms with Crippen LogP contribution in [-0.4, -0.2) is 29.4 Å². The van der Waals surface area contributed by atoms with Gasteiger partial charge < -0.3 is 9.15 Å². The summed E-state index contributed by atoms with van der Waals surface area (Å²) in [5.74, 6) is -2.41. The van der Waals surface area contributed by atoms with E-state index in [1.165, 1.54) is 30.7 Å². The molecule has 0 saturated heterocycles. The minimum Gasteiger partial charge on any atom is -0.422 e. The summed E-state index contributed by atoms with van der Waals surface area (Å²) in [6, 6.07) is 4.99. The molecule has 1 aromatic carbocycles. The number of hydrogen-bond acceptors (Lipinski definition) is 8. The Hall–Kier alpha value is -3.97. The van der Waals surface area contributed by atoms with Crippen LogP contribution in [0.15, 0.2) is 52.1 Å². The van der Waals surface area contributed by atoms with E-state index in [1.54, 1.807) is 13.0 Å². The van der Waals surface area contributed by atoms with Crippen molar-refractivity contribution in [3.8, 4) is 11.8 Å². The minimum absolute atomic E-state index is 0.00511. The number of nitrogens with zero attached hydrogens (tertiary/aromatic N) is 3. The van der Waals surface area contributed by atoms with Crippen LogP contribution in [0.5, 0.6) is 11.8 Å². The van der Waals surface area contributed by atoms with Gasteiger partial charge in [0.1, 0.15) is 5.58 Å². The molecule has 186 valence electrons. The molecule has 3 heterocycles. The molecule has 1 fully saturated rings. The third-order valence-corrected chi connectivity index (χ3v) is 6.66. The van der Waals surface area contributed by atoms with E-state index >= 15 is 4.39 Å². The maximum absolute atomic E-state index is 15.1. The van der Waals surface area contributed by atoms with Crippen LogP contribution in [0.2, 0.25) is 0 Å². The van der Waals surface area contributed by atoms with Gasteiger partial charge in [-0.3, -0.25) is 4.72 Å². The van der Waals surface area contributed by atoms with Gasteiger partial charge in [0, 0.05) is 48.1 Å². The van der Waals surface area contributed by atoms with E-state index in [4.69, 9.17) is 9.15 Å². The Morgan fingerprint density at radius 1 is 1.14 bits per heavy atom. The second-order valence-electron chi connectivity index (χ2n) is 8.21. The highest BCUT2D eigenvalue weighted by Gasteiger charge is 2.28. The average molecular weight is 515 g/mol. The Kier molecular flexibility index (Phi) is 6.10. The summed E-state index contributed by atoms with van der Waals surface area (Å²) in [7, 11) is -4.01. The minimum atomic E-state index is -4.01. The highest BCUT2D eigenvalue weighted by atomic mass is 32.2. The lowest BCUT2D eigenvalue weighted by Gasteiger charge is -2.12. The summed E-state index contributed by atoms with van der Waals surface area (Å²) < 4.78 is 69.4. The molecule has 0 radical (unpaired) electrons. The first-order valence-corrected chi connectivity index (χ1v) is 12.3. The van der Waals surface area contributed by atoms with E-state index in [9.17, 15) is 17.6 Å². The number of ether oxygens (including phenoxy) is 1. The topological polar surface area (TPSA) is 136 Å². The van der Waals surface area contributed by atoms with Crippen molar-refractivity contribution in [3.05, 3.63) is 81.6 Å². The van der Waals surface area contributed by atoms with Crippen LogP contribution in [0.4, 0.5) is 14.6 Å². The SMILES string of the molecule is Cc1c(Cc2ccnc(NS(=O)(=O)NC3CC3)c2F)c(=O)oc2cc(Oc3ncccn3)c(F)cc12. The number of benzene rings is 1. The molecule has 1 saturated carbocycles. The van der Waals surface area contributed by atoms with Gasteiger partial charge in [-0.05, 0) is 49.1 Å². The first-order chi connectivity index (χ1) is 17.2. The van der Waals surface area contributed by atoms with Crippen LogP contribution in [-0.2, 0) is 16.6 Å². The van der Waals surface area contributed by atoms with E-state index in [-0.39, 0.29) is 46.3 Å². The van der Waals surface area contributed by atoms with Crippen molar-refractivity contribution >= 4 is 27.0 Å². The number of anilines is 1. The first-order valence-electron chi connectivity index (χ1n) is 10.8. The number of hydrogen-bond donors (Lipinski definition) is 2. The van der Waals surface area contributed by atoms with Crippen molar-refractivity contribution in [1.29, 1.82) is 0 Å². The summed E-state index contributed by atoms with van der Waals surface area (Å²) in [5.41, 5.74) is -0.246. The number of nitrogens with one attached hydrogen (secondary N) is 2. The monoisotopic (exact) mass is 515 g/mol. The molecule has 2 N–H and O–H groups in total. The number of rotatable bonds is 8. The molecule has 3 aromatic heterocycles. The maximum atomic E-state index is 15.1.